The smallest absolute Gasteiger partial charge is 0.338 e. The molecule has 32 heavy (non-hydrogen) atoms. The summed E-state index contributed by atoms with van der Waals surface area (Å²) in [6.07, 6.45) is 0. The van der Waals surface area contributed by atoms with E-state index in [0.29, 0.717) is 32.6 Å². The first kappa shape index (κ1) is 24.1. The van der Waals surface area contributed by atoms with Gasteiger partial charge in [0, 0.05) is 25.8 Å². The zero-order chi connectivity index (χ0) is 23.1. The molecule has 0 heterocycles. The minimum atomic E-state index is -0.426. The van der Waals surface area contributed by atoms with Crippen LogP contribution < -0.4 is 9.64 Å². The number of carbonyl (C=O) groups excluding carboxylic acids is 2. The molecule has 0 spiro atoms. The molecule has 1 amide bonds. The minimum absolute atomic E-state index is 0.139. The lowest BCUT2D eigenvalue weighted by Gasteiger charge is -2.24. The third-order valence-electron chi connectivity index (χ3n) is 4.55. The molecule has 0 fully saturated rings. The Bertz CT molecular complexity index is 1070. The maximum atomic E-state index is 13.1. The van der Waals surface area contributed by atoms with Gasteiger partial charge in [-0.1, -0.05) is 45.2 Å². The number of anilines is 1. The molecule has 3 aromatic rings. The van der Waals surface area contributed by atoms with Gasteiger partial charge in [0.05, 0.1) is 18.7 Å². The number of nitrogens with zero attached hydrogens (tertiary/aromatic N) is 1. The van der Waals surface area contributed by atoms with Crippen molar-refractivity contribution in [3.05, 3.63) is 92.4 Å². The molecule has 3 aromatic carbocycles. The van der Waals surface area contributed by atoms with Crippen LogP contribution in [0.1, 0.15) is 22.8 Å². The van der Waals surface area contributed by atoms with E-state index in [1.165, 1.54) is 4.90 Å². The van der Waals surface area contributed by atoms with Gasteiger partial charge in [-0.25, -0.2) is 4.79 Å². The lowest BCUT2D eigenvalue weighted by molar-refractivity contribution is -0.120. The molecule has 0 saturated carbocycles. The number of rotatable bonds is 8. The molecule has 0 N–H and O–H groups in total. The average molecular weight is 537 g/mol. The van der Waals surface area contributed by atoms with E-state index in [0.717, 1.165) is 4.47 Å². The lowest BCUT2D eigenvalue weighted by atomic mass is 10.1. The Labute approximate surface area is 205 Å². The Kier molecular flexibility index (Phi) is 8.56. The first-order valence-electron chi connectivity index (χ1n) is 9.78. The second-order valence-corrected chi connectivity index (χ2v) is 8.42. The first-order valence-corrected chi connectivity index (χ1v) is 11.3. The quantitative estimate of drug-likeness (QED) is 0.306. The summed E-state index contributed by atoms with van der Waals surface area (Å²) >= 11 is 16.0. The Morgan fingerprint density at radius 1 is 0.938 bits per heavy atom. The number of hydrogen-bond acceptors (Lipinski definition) is 4. The fourth-order valence-corrected chi connectivity index (χ4v) is 3.69. The summed E-state index contributed by atoms with van der Waals surface area (Å²) in [5.41, 5.74) is 1.57. The normalized spacial score (nSPS) is 10.5. The van der Waals surface area contributed by atoms with Crippen molar-refractivity contribution in [1.82, 2.24) is 0 Å². The zero-order valence-electron chi connectivity index (χ0n) is 17.2. The molecular formula is C24H20BrCl2NO4. The minimum Gasteiger partial charge on any atom is -0.484 e. The topological polar surface area (TPSA) is 55.8 Å². The van der Waals surface area contributed by atoms with E-state index in [-0.39, 0.29) is 25.7 Å². The van der Waals surface area contributed by atoms with Crippen LogP contribution in [0.25, 0.3) is 0 Å². The summed E-state index contributed by atoms with van der Waals surface area (Å²) in [7, 11) is 0. The van der Waals surface area contributed by atoms with E-state index in [9.17, 15) is 9.59 Å². The highest BCUT2D eigenvalue weighted by Crippen LogP contribution is 2.28. The van der Waals surface area contributed by atoms with Gasteiger partial charge >= 0.3 is 5.97 Å². The highest BCUT2D eigenvalue weighted by atomic mass is 79.9. The largest absolute Gasteiger partial charge is 0.484 e. The standard InChI is InChI=1S/C24H20BrCl2NO4/c1-2-31-24(30)16-6-10-18(11-7-16)28(14-20-21(26)4-3-5-22(20)27)23(29)15-32-19-12-8-17(25)9-13-19/h3-13H,2,14-15H2,1H3. The maximum Gasteiger partial charge on any atom is 0.338 e. The van der Waals surface area contributed by atoms with Crippen LogP contribution >= 0.6 is 39.1 Å². The highest BCUT2D eigenvalue weighted by molar-refractivity contribution is 9.10. The number of benzene rings is 3. The molecule has 166 valence electrons. The zero-order valence-corrected chi connectivity index (χ0v) is 20.3. The van der Waals surface area contributed by atoms with Gasteiger partial charge in [0.25, 0.3) is 5.91 Å². The molecule has 0 atom stereocenters. The third kappa shape index (κ3) is 6.25. The Balaban J connectivity index is 1.85. The molecule has 0 radical (unpaired) electrons. The van der Waals surface area contributed by atoms with E-state index in [1.54, 1.807) is 61.5 Å². The molecular weight excluding hydrogens is 517 g/mol. The maximum absolute atomic E-state index is 13.1. The van der Waals surface area contributed by atoms with Gasteiger partial charge in [0.2, 0.25) is 0 Å². The molecule has 0 bridgehead atoms. The van der Waals surface area contributed by atoms with E-state index in [4.69, 9.17) is 32.7 Å². The summed E-state index contributed by atoms with van der Waals surface area (Å²) in [5, 5.41) is 0.902. The van der Waals surface area contributed by atoms with Crippen molar-refractivity contribution in [1.29, 1.82) is 0 Å². The van der Waals surface area contributed by atoms with Crippen LogP contribution in [0.15, 0.2) is 71.2 Å². The Morgan fingerprint density at radius 3 is 2.16 bits per heavy atom. The predicted molar refractivity (Wildman–Crippen MR) is 130 cm³/mol. The van der Waals surface area contributed by atoms with Gasteiger partial charge in [-0.05, 0) is 67.6 Å². The van der Waals surface area contributed by atoms with E-state index in [1.807, 2.05) is 12.1 Å². The van der Waals surface area contributed by atoms with Crippen LogP contribution in [0.5, 0.6) is 5.75 Å². The summed E-state index contributed by atoms with van der Waals surface area (Å²) in [5.74, 6) is -0.160. The predicted octanol–water partition coefficient (Wildman–Crippen LogP) is 6.54. The summed E-state index contributed by atoms with van der Waals surface area (Å²) in [6, 6.07) is 18.9. The van der Waals surface area contributed by atoms with Gasteiger partial charge in [-0.2, -0.15) is 0 Å². The van der Waals surface area contributed by atoms with Crippen molar-refractivity contribution in [3.8, 4) is 5.75 Å². The second kappa shape index (κ2) is 11.4. The monoisotopic (exact) mass is 535 g/mol. The van der Waals surface area contributed by atoms with Crippen LogP contribution in [0.4, 0.5) is 5.69 Å². The summed E-state index contributed by atoms with van der Waals surface area (Å²) < 4.78 is 11.6. The molecule has 0 aliphatic rings. The van der Waals surface area contributed by atoms with Crippen LogP contribution in [0.3, 0.4) is 0 Å². The SMILES string of the molecule is CCOC(=O)c1ccc(N(Cc2c(Cl)cccc2Cl)C(=O)COc2ccc(Br)cc2)cc1. The third-order valence-corrected chi connectivity index (χ3v) is 5.78. The Morgan fingerprint density at radius 2 is 1.56 bits per heavy atom. The van der Waals surface area contributed by atoms with Crippen molar-refractivity contribution >= 4 is 56.7 Å². The van der Waals surface area contributed by atoms with Crippen molar-refractivity contribution in [2.45, 2.75) is 13.5 Å². The lowest BCUT2D eigenvalue weighted by Crippen LogP contribution is -2.34. The number of esters is 1. The molecule has 0 unspecified atom stereocenters. The fraction of sp³-hybridized carbons (Fsp3) is 0.167. The van der Waals surface area contributed by atoms with Crippen LogP contribution in [-0.4, -0.2) is 25.1 Å². The van der Waals surface area contributed by atoms with Crippen LogP contribution in [0.2, 0.25) is 10.0 Å². The van der Waals surface area contributed by atoms with E-state index in [2.05, 4.69) is 15.9 Å². The van der Waals surface area contributed by atoms with Gasteiger partial charge in [0.15, 0.2) is 6.61 Å². The van der Waals surface area contributed by atoms with Gasteiger partial charge in [-0.15, -0.1) is 0 Å². The second-order valence-electron chi connectivity index (χ2n) is 6.69. The van der Waals surface area contributed by atoms with Crippen molar-refractivity contribution < 1.29 is 19.1 Å². The van der Waals surface area contributed by atoms with E-state index < -0.39 is 5.97 Å². The summed E-state index contributed by atoms with van der Waals surface area (Å²) in [6.45, 7) is 1.97. The Hall–Kier alpha value is -2.54. The molecule has 3 rings (SSSR count). The molecule has 0 saturated heterocycles. The molecule has 8 heteroatoms. The van der Waals surface area contributed by atoms with Crippen LogP contribution in [0, 0.1) is 0 Å². The first-order chi connectivity index (χ1) is 15.4. The average Bonchev–Trinajstić information content (AvgIpc) is 2.79. The highest BCUT2D eigenvalue weighted by Gasteiger charge is 2.20. The van der Waals surface area contributed by atoms with Crippen LogP contribution in [-0.2, 0) is 16.1 Å². The number of ether oxygens (including phenoxy) is 2. The number of carbonyl (C=O) groups is 2. The molecule has 5 nitrogen and oxygen atoms in total. The number of halogens is 3. The van der Waals surface area contributed by atoms with Gasteiger partial charge in [0.1, 0.15) is 5.75 Å². The van der Waals surface area contributed by atoms with Crippen molar-refractivity contribution in [2.24, 2.45) is 0 Å². The molecule has 0 aromatic heterocycles. The summed E-state index contributed by atoms with van der Waals surface area (Å²) in [4.78, 5) is 26.6. The van der Waals surface area contributed by atoms with E-state index >= 15 is 0 Å². The van der Waals surface area contributed by atoms with Crippen molar-refractivity contribution in [3.63, 3.8) is 0 Å². The fourth-order valence-electron chi connectivity index (χ4n) is 2.91. The molecule has 0 aliphatic heterocycles. The molecule has 0 aliphatic carbocycles. The van der Waals surface area contributed by atoms with Crippen molar-refractivity contribution in [2.75, 3.05) is 18.1 Å². The number of hydrogen-bond donors (Lipinski definition) is 0. The number of amides is 1. The van der Waals surface area contributed by atoms with Gasteiger partial charge < -0.3 is 14.4 Å². The van der Waals surface area contributed by atoms with Gasteiger partial charge in [-0.3, -0.25) is 4.79 Å².